The van der Waals surface area contributed by atoms with Crippen molar-refractivity contribution in [3.05, 3.63) is 0 Å². The van der Waals surface area contributed by atoms with Gasteiger partial charge in [0.15, 0.2) is 0 Å². The van der Waals surface area contributed by atoms with E-state index in [0.717, 1.165) is 0 Å². The van der Waals surface area contributed by atoms with Gasteiger partial charge in [0.05, 0.1) is 0 Å². The van der Waals surface area contributed by atoms with Gasteiger partial charge in [0.1, 0.15) is 0 Å². The molecule has 0 aliphatic heterocycles. The van der Waals surface area contributed by atoms with Crippen LogP contribution in [0.1, 0.15) is 6.42 Å². The lowest BCUT2D eigenvalue weighted by Crippen LogP contribution is -2.06. The van der Waals surface area contributed by atoms with E-state index in [1.54, 1.807) is 0 Å². The van der Waals surface area contributed by atoms with Gasteiger partial charge in [-0.2, -0.15) is 0 Å². The first-order valence-corrected chi connectivity index (χ1v) is 2.25. The Bertz CT molecular complexity index is 74.1. The van der Waals surface area contributed by atoms with E-state index in [-0.39, 0.29) is 6.04 Å². The molecule has 1 aliphatic carbocycles. The monoisotopic (exact) mass is 107 g/mol. The van der Waals surface area contributed by atoms with Crippen molar-refractivity contribution in [1.82, 2.24) is 0 Å². The van der Waals surface area contributed by atoms with Crippen LogP contribution in [-0.2, 0) is 0 Å². The summed E-state index contributed by atoms with van der Waals surface area (Å²) in [6.07, 6.45) is -1.67. The fourth-order valence-corrected chi connectivity index (χ4v) is 0.525. The van der Waals surface area contributed by atoms with Gasteiger partial charge in [0.25, 0.3) is 0 Å². The molecule has 1 rings (SSSR count). The molecular weight excluding hydrogens is 100 g/mol. The van der Waals surface area contributed by atoms with E-state index in [4.69, 9.17) is 5.73 Å². The summed E-state index contributed by atoms with van der Waals surface area (Å²) in [5.74, 6) is -0.486. The summed E-state index contributed by atoms with van der Waals surface area (Å²) in [6.45, 7) is 0. The van der Waals surface area contributed by atoms with Crippen molar-refractivity contribution < 1.29 is 8.78 Å². The summed E-state index contributed by atoms with van der Waals surface area (Å²) in [5, 5.41) is 0. The van der Waals surface area contributed by atoms with Crippen molar-refractivity contribution in [3.8, 4) is 0 Å². The molecule has 0 aromatic heterocycles. The second-order valence-corrected chi connectivity index (χ2v) is 1.90. The molecule has 0 heterocycles. The summed E-state index contributed by atoms with van der Waals surface area (Å²) in [7, 11) is 0. The highest BCUT2D eigenvalue weighted by molar-refractivity contribution is 4.91. The number of hydrogen-bond acceptors (Lipinski definition) is 1. The van der Waals surface area contributed by atoms with Crippen LogP contribution in [0.5, 0.6) is 0 Å². The Kier molecular flexibility index (Phi) is 0.995. The minimum absolute atomic E-state index is 0.208. The van der Waals surface area contributed by atoms with Gasteiger partial charge in [-0.05, 0) is 6.42 Å². The molecule has 0 spiro atoms. The summed E-state index contributed by atoms with van der Waals surface area (Å²) in [4.78, 5) is 0. The molecule has 2 N–H and O–H groups in total. The van der Waals surface area contributed by atoms with Crippen LogP contribution in [0.15, 0.2) is 0 Å². The molecule has 7 heavy (non-hydrogen) atoms. The summed E-state index contributed by atoms with van der Waals surface area (Å²) < 4.78 is 22.8. The molecule has 1 aliphatic rings. The van der Waals surface area contributed by atoms with Gasteiger partial charge in [-0.1, -0.05) is 0 Å². The molecule has 3 heteroatoms. The number of halogens is 2. The van der Waals surface area contributed by atoms with Gasteiger partial charge in [-0.3, -0.25) is 0 Å². The van der Waals surface area contributed by atoms with Crippen LogP contribution in [0, 0.1) is 5.92 Å². The minimum Gasteiger partial charge on any atom is -0.327 e. The maximum absolute atomic E-state index is 11.4. The van der Waals surface area contributed by atoms with Crippen molar-refractivity contribution in [2.45, 2.75) is 18.9 Å². The Labute approximate surface area is 40.5 Å². The average Bonchev–Trinajstić information content (AvgIpc) is 2.17. The second kappa shape index (κ2) is 1.40. The van der Waals surface area contributed by atoms with Crippen LogP contribution in [0.4, 0.5) is 8.78 Å². The fourth-order valence-electron chi connectivity index (χ4n) is 0.525. The average molecular weight is 107 g/mol. The van der Waals surface area contributed by atoms with E-state index < -0.39 is 12.3 Å². The van der Waals surface area contributed by atoms with E-state index in [1.165, 1.54) is 0 Å². The van der Waals surface area contributed by atoms with Crippen molar-refractivity contribution in [1.29, 1.82) is 0 Å². The Morgan fingerprint density at radius 1 is 1.57 bits per heavy atom. The van der Waals surface area contributed by atoms with Gasteiger partial charge in [-0.25, -0.2) is 8.78 Å². The van der Waals surface area contributed by atoms with Crippen LogP contribution < -0.4 is 5.73 Å². The Balaban J connectivity index is 2.20. The Morgan fingerprint density at radius 2 is 2.00 bits per heavy atom. The standard InChI is InChI=1S/C4H7F2N/c5-4(6)2-1-3(2)7/h2-4H,1,7H2/t2-,3-/m0/s1. The van der Waals surface area contributed by atoms with E-state index in [2.05, 4.69) is 0 Å². The lowest BCUT2D eigenvalue weighted by atomic mass is 10.4. The quantitative estimate of drug-likeness (QED) is 0.521. The molecule has 0 radical (unpaired) electrons. The third kappa shape index (κ3) is 0.881. The second-order valence-electron chi connectivity index (χ2n) is 1.90. The topological polar surface area (TPSA) is 26.0 Å². The molecule has 0 aromatic carbocycles. The SMILES string of the molecule is N[C@H]1C[C@@H]1C(F)F. The van der Waals surface area contributed by atoms with Crippen LogP contribution >= 0.6 is 0 Å². The number of alkyl halides is 2. The van der Waals surface area contributed by atoms with Gasteiger partial charge in [0, 0.05) is 12.0 Å². The minimum atomic E-state index is -2.19. The highest BCUT2D eigenvalue weighted by Gasteiger charge is 2.40. The molecular formula is C4H7F2N. The molecule has 0 unspecified atom stereocenters. The molecule has 0 bridgehead atoms. The van der Waals surface area contributed by atoms with Gasteiger partial charge >= 0.3 is 0 Å². The van der Waals surface area contributed by atoms with Crippen LogP contribution in [-0.4, -0.2) is 12.5 Å². The molecule has 0 saturated heterocycles. The van der Waals surface area contributed by atoms with Crippen molar-refractivity contribution in [2.75, 3.05) is 0 Å². The predicted molar refractivity (Wildman–Crippen MR) is 22.1 cm³/mol. The van der Waals surface area contributed by atoms with Crippen LogP contribution in [0.3, 0.4) is 0 Å². The van der Waals surface area contributed by atoms with E-state index in [9.17, 15) is 8.78 Å². The van der Waals surface area contributed by atoms with Crippen LogP contribution in [0.2, 0.25) is 0 Å². The van der Waals surface area contributed by atoms with Crippen molar-refractivity contribution in [3.63, 3.8) is 0 Å². The van der Waals surface area contributed by atoms with Gasteiger partial charge < -0.3 is 5.73 Å². The number of nitrogens with two attached hydrogens (primary N) is 1. The van der Waals surface area contributed by atoms with Crippen molar-refractivity contribution in [2.24, 2.45) is 11.7 Å². The molecule has 1 saturated carbocycles. The van der Waals surface area contributed by atoms with E-state index >= 15 is 0 Å². The van der Waals surface area contributed by atoms with E-state index in [0.29, 0.717) is 6.42 Å². The maximum atomic E-state index is 11.4. The van der Waals surface area contributed by atoms with Crippen LogP contribution in [0.25, 0.3) is 0 Å². The lowest BCUT2D eigenvalue weighted by molar-refractivity contribution is 0.121. The molecule has 0 aromatic rings. The third-order valence-corrected chi connectivity index (χ3v) is 1.21. The van der Waals surface area contributed by atoms with Crippen molar-refractivity contribution >= 4 is 0 Å². The molecule has 2 atom stereocenters. The number of rotatable bonds is 1. The molecule has 0 amide bonds. The molecule has 1 nitrogen and oxygen atoms in total. The molecule has 42 valence electrons. The molecule has 1 fully saturated rings. The normalized spacial score (nSPS) is 39.4. The maximum Gasteiger partial charge on any atom is 0.242 e. The largest absolute Gasteiger partial charge is 0.327 e. The zero-order chi connectivity index (χ0) is 5.44. The highest BCUT2D eigenvalue weighted by Crippen LogP contribution is 2.33. The Morgan fingerprint density at radius 3 is 2.00 bits per heavy atom. The predicted octanol–water partition coefficient (Wildman–Crippen LogP) is 0.599. The number of hydrogen-bond donors (Lipinski definition) is 1. The first-order chi connectivity index (χ1) is 3.22. The highest BCUT2D eigenvalue weighted by atomic mass is 19.3. The van der Waals surface area contributed by atoms with Gasteiger partial charge in [-0.15, -0.1) is 0 Å². The summed E-state index contributed by atoms with van der Waals surface area (Å²) >= 11 is 0. The first kappa shape index (κ1) is 4.97. The summed E-state index contributed by atoms with van der Waals surface area (Å²) in [6, 6.07) is -0.208. The van der Waals surface area contributed by atoms with E-state index in [1.807, 2.05) is 0 Å². The zero-order valence-corrected chi connectivity index (χ0v) is 3.77. The zero-order valence-electron chi connectivity index (χ0n) is 3.77. The smallest absolute Gasteiger partial charge is 0.242 e. The first-order valence-electron chi connectivity index (χ1n) is 2.25. The third-order valence-electron chi connectivity index (χ3n) is 1.21. The summed E-state index contributed by atoms with van der Waals surface area (Å²) in [5.41, 5.74) is 5.09. The lowest BCUT2D eigenvalue weighted by Gasteiger charge is -1.88. The Hall–Kier alpha value is -0.180. The van der Waals surface area contributed by atoms with Gasteiger partial charge in [0.2, 0.25) is 6.43 Å². The fraction of sp³-hybridized carbons (Fsp3) is 1.00.